The average molecular weight is 410 g/mol. The molecule has 0 spiro atoms. The number of nitrogens with zero attached hydrogens (tertiary/aromatic N) is 1. The minimum atomic E-state index is -0.931. The number of carbonyl (C=O) groups is 4. The van der Waals surface area contributed by atoms with Gasteiger partial charge in [-0.2, -0.15) is 0 Å². The number of rotatable bonds is 4. The molecule has 3 N–H and O–H groups in total. The van der Waals surface area contributed by atoms with E-state index in [1.807, 2.05) is 6.07 Å². The summed E-state index contributed by atoms with van der Waals surface area (Å²) >= 11 is 0. The summed E-state index contributed by atoms with van der Waals surface area (Å²) in [7, 11) is 0. The third kappa shape index (κ3) is 3.15. The summed E-state index contributed by atoms with van der Waals surface area (Å²) < 4.78 is 0. The fourth-order valence-corrected chi connectivity index (χ4v) is 5.59. The van der Waals surface area contributed by atoms with E-state index in [2.05, 4.69) is 16.0 Å². The number of nitrogens with one attached hydrogen (secondary N) is 3. The molecule has 8 nitrogen and oxygen atoms in total. The first-order valence-electron chi connectivity index (χ1n) is 10.8. The Kier molecular flexibility index (Phi) is 4.91. The summed E-state index contributed by atoms with van der Waals surface area (Å²) in [6, 6.07) is 4.79. The lowest BCUT2D eigenvalue weighted by molar-refractivity contribution is -0.136. The molecule has 3 atom stereocenters. The Bertz CT molecular complexity index is 908. The number of amides is 4. The second kappa shape index (κ2) is 7.59. The zero-order chi connectivity index (χ0) is 20.8. The maximum atomic E-state index is 13.2. The van der Waals surface area contributed by atoms with Gasteiger partial charge in [-0.1, -0.05) is 18.6 Å². The maximum absolute atomic E-state index is 13.2. The zero-order valence-corrected chi connectivity index (χ0v) is 16.8. The number of hydrogen-bond donors (Lipinski definition) is 3. The Hall–Kier alpha value is -2.58. The van der Waals surface area contributed by atoms with Crippen molar-refractivity contribution in [3.8, 4) is 0 Å². The van der Waals surface area contributed by atoms with Gasteiger partial charge in [0.05, 0.1) is 11.1 Å². The monoisotopic (exact) mass is 410 g/mol. The first-order chi connectivity index (χ1) is 14.5. The van der Waals surface area contributed by atoms with E-state index in [9.17, 15) is 19.2 Å². The molecule has 1 saturated carbocycles. The molecule has 0 aromatic heterocycles. The van der Waals surface area contributed by atoms with Crippen LogP contribution in [-0.2, 0) is 16.1 Å². The van der Waals surface area contributed by atoms with Crippen molar-refractivity contribution < 1.29 is 19.2 Å². The van der Waals surface area contributed by atoms with E-state index in [0.717, 1.165) is 23.6 Å². The van der Waals surface area contributed by atoms with E-state index in [4.69, 9.17) is 0 Å². The van der Waals surface area contributed by atoms with Crippen LogP contribution in [0.15, 0.2) is 18.2 Å². The van der Waals surface area contributed by atoms with E-state index in [-0.39, 0.29) is 18.7 Å². The molecule has 1 aromatic rings. The van der Waals surface area contributed by atoms with Crippen LogP contribution in [0.2, 0.25) is 0 Å². The van der Waals surface area contributed by atoms with Crippen molar-refractivity contribution >= 4 is 23.6 Å². The fraction of sp³-hybridized carbons (Fsp3) is 0.545. The minimum absolute atomic E-state index is 0.122. The summed E-state index contributed by atoms with van der Waals surface area (Å²) in [4.78, 5) is 50.9. The van der Waals surface area contributed by atoms with Crippen LogP contribution in [0.25, 0.3) is 0 Å². The van der Waals surface area contributed by atoms with Crippen LogP contribution in [0.4, 0.5) is 0 Å². The van der Waals surface area contributed by atoms with Gasteiger partial charge in [0.15, 0.2) is 0 Å². The number of piperidine rings is 2. The maximum Gasteiger partial charge on any atom is 0.262 e. The van der Waals surface area contributed by atoms with Gasteiger partial charge in [0.25, 0.3) is 11.8 Å². The normalized spacial score (nSPS) is 31.0. The van der Waals surface area contributed by atoms with Crippen molar-refractivity contribution in [2.24, 2.45) is 11.8 Å². The summed E-state index contributed by atoms with van der Waals surface area (Å²) in [5, 5.41) is 9.42. The Labute approximate surface area is 174 Å². The van der Waals surface area contributed by atoms with Gasteiger partial charge in [-0.05, 0) is 55.8 Å². The number of hydrogen-bond acceptors (Lipinski definition) is 6. The fourth-order valence-electron chi connectivity index (χ4n) is 5.59. The SMILES string of the molecule is O=C1CCC(N2C(=O)c3cccc(CNC4C5CCCC4CNC5)c3C2=O)C(=O)N1. The Morgan fingerprint density at radius 3 is 2.50 bits per heavy atom. The Morgan fingerprint density at radius 1 is 1.00 bits per heavy atom. The van der Waals surface area contributed by atoms with Crippen LogP contribution in [0.5, 0.6) is 0 Å². The highest BCUT2D eigenvalue weighted by Gasteiger charge is 2.45. The second-order valence-corrected chi connectivity index (χ2v) is 8.80. The predicted octanol–water partition coefficient (Wildman–Crippen LogP) is 0.566. The average Bonchev–Trinajstić information content (AvgIpc) is 2.97. The molecule has 158 valence electrons. The van der Waals surface area contributed by atoms with Crippen molar-refractivity contribution in [1.29, 1.82) is 0 Å². The largest absolute Gasteiger partial charge is 0.316 e. The van der Waals surface area contributed by atoms with Crippen LogP contribution in [-0.4, -0.2) is 53.7 Å². The molecule has 5 rings (SSSR count). The lowest BCUT2D eigenvalue weighted by atomic mass is 9.74. The molecule has 3 heterocycles. The van der Waals surface area contributed by atoms with Crippen molar-refractivity contribution in [2.45, 2.75) is 50.7 Å². The first-order valence-corrected chi connectivity index (χ1v) is 10.8. The highest BCUT2D eigenvalue weighted by atomic mass is 16.2. The Morgan fingerprint density at radius 2 is 1.77 bits per heavy atom. The molecule has 8 heteroatoms. The van der Waals surface area contributed by atoms with E-state index < -0.39 is 23.8 Å². The second-order valence-electron chi connectivity index (χ2n) is 8.80. The number of carbonyl (C=O) groups excluding carboxylic acids is 4. The third-order valence-corrected chi connectivity index (χ3v) is 7.06. The molecule has 2 saturated heterocycles. The van der Waals surface area contributed by atoms with E-state index in [1.54, 1.807) is 12.1 Å². The van der Waals surface area contributed by atoms with Crippen LogP contribution >= 0.6 is 0 Å². The van der Waals surface area contributed by atoms with Gasteiger partial charge < -0.3 is 10.6 Å². The standard InChI is InChI=1S/C22H26N4O4/c27-17-8-7-16(20(28)25-17)26-21(29)15-6-2-3-12(18(15)22(26)30)11-24-19-13-4-1-5-14(19)10-23-9-13/h2-3,6,13-14,16,19,23-24H,1,4-5,7-11H2,(H,25,27,28). The predicted molar refractivity (Wildman–Crippen MR) is 107 cm³/mol. The van der Waals surface area contributed by atoms with Gasteiger partial charge in [0, 0.05) is 19.0 Å². The van der Waals surface area contributed by atoms with E-state index in [0.29, 0.717) is 35.5 Å². The van der Waals surface area contributed by atoms with Crippen molar-refractivity contribution in [1.82, 2.24) is 20.9 Å². The lowest BCUT2D eigenvalue weighted by Crippen LogP contribution is -2.55. The lowest BCUT2D eigenvalue weighted by Gasteiger charge is -2.43. The van der Waals surface area contributed by atoms with Crippen molar-refractivity contribution in [2.75, 3.05) is 13.1 Å². The van der Waals surface area contributed by atoms with E-state index >= 15 is 0 Å². The van der Waals surface area contributed by atoms with E-state index in [1.165, 1.54) is 19.3 Å². The van der Waals surface area contributed by atoms with Gasteiger partial charge in [-0.15, -0.1) is 0 Å². The molecule has 4 aliphatic rings. The molecule has 30 heavy (non-hydrogen) atoms. The molecule has 0 radical (unpaired) electrons. The molecule has 3 aliphatic heterocycles. The van der Waals surface area contributed by atoms with Gasteiger partial charge in [-0.25, -0.2) is 0 Å². The van der Waals surface area contributed by atoms with Crippen LogP contribution in [0, 0.1) is 11.8 Å². The quantitative estimate of drug-likeness (QED) is 0.627. The molecular weight excluding hydrogens is 384 g/mol. The van der Waals surface area contributed by atoms with Crippen molar-refractivity contribution in [3.63, 3.8) is 0 Å². The van der Waals surface area contributed by atoms with Crippen LogP contribution < -0.4 is 16.0 Å². The molecule has 3 fully saturated rings. The first kappa shape index (κ1) is 19.4. The molecule has 2 bridgehead atoms. The Balaban J connectivity index is 1.37. The molecule has 3 unspecified atom stereocenters. The van der Waals surface area contributed by atoms with Gasteiger partial charge in [0.2, 0.25) is 11.8 Å². The minimum Gasteiger partial charge on any atom is -0.316 e. The molecule has 1 aliphatic carbocycles. The summed E-state index contributed by atoms with van der Waals surface area (Å²) in [6.45, 7) is 2.55. The van der Waals surface area contributed by atoms with Crippen molar-refractivity contribution in [3.05, 3.63) is 34.9 Å². The smallest absolute Gasteiger partial charge is 0.262 e. The molecular formula is C22H26N4O4. The zero-order valence-electron chi connectivity index (χ0n) is 16.8. The molecule has 1 aromatic carbocycles. The summed E-state index contributed by atoms with van der Waals surface area (Å²) in [5.41, 5.74) is 1.52. The third-order valence-electron chi connectivity index (χ3n) is 7.06. The highest BCUT2D eigenvalue weighted by Crippen LogP contribution is 2.33. The summed E-state index contributed by atoms with van der Waals surface area (Å²) in [6.07, 6.45) is 3.96. The van der Waals surface area contributed by atoms with Gasteiger partial charge >= 0.3 is 0 Å². The van der Waals surface area contributed by atoms with Crippen LogP contribution in [0.1, 0.15) is 58.4 Å². The van der Waals surface area contributed by atoms with Crippen LogP contribution in [0.3, 0.4) is 0 Å². The molecule has 4 amide bonds. The number of fused-ring (bicyclic) bond motifs is 3. The van der Waals surface area contributed by atoms with Gasteiger partial charge in [0.1, 0.15) is 6.04 Å². The summed E-state index contributed by atoms with van der Waals surface area (Å²) in [5.74, 6) is -0.663. The number of imide groups is 2. The topological polar surface area (TPSA) is 108 Å². The highest BCUT2D eigenvalue weighted by molar-refractivity contribution is 6.24. The van der Waals surface area contributed by atoms with Gasteiger partial charge in [-0.3, -0.25) is 29.4 Å². The number of benzene rings is 1.